The van der Waals surface area contributed by atoms with Crippen LogP contribution in [0, 0.1) is 13.8 Å². The van der Waals surface area contributed by atoms with Gasteiger partial charge in [-0.1, -0.05) is 0 Å². The van der Waals surface area contributed by atoms with E-state index in [0.29, 0.717) is 18.2 Å². The molecule has 1 aliphatic heterocycles. The fourth-order valence-corrected chi connectivity index (χ4v) is 3.32. The number of hydrogen-bond acceptors (Lipinski definition) is 7. The van der Waals surface area contributed by atoms with Crippen molar-refractivity contribution >= 4 is 11.8 Å². The van der Waals surface area contributed by atoms with Crippen LogP contribution in [-0.2, 0) is 11.3 Å². The maximum atomic E-state index is 12.5. The van der Waals surface area contributed by atoms with Crippen LogP contribution >= 0.6 is 0 Å². The summed E-state index contributed by atoms with van der Waals surface area (Å²) in [4.78, 5) is 18.7. The average molecular weight is 408 g/mol. The van der Waals surface area contributed by atoms with Crippen molar-refractivity contribution in [3.05, 3.63) is 64.4 Å². The van der Waals surface area contributed by atoms with E-state index in [9.17, 15) is 4.79 Å². The highest BCUT2D eigenvalue weighted by Crippen LogP contribution is 2.37. The van der Waals surface area contributed by atoms with Crippen LogP contribution in [0.3, 0.4) is 0 Å². The molecule has 0 bridgehead atoms. The van der Waals surface area contributed by atoms with Crippen LogP contribution in [0.2, 0.25) is 0 Å². The number of nitrogens with zero attached hydrogens (tertiary/aromatic N) is 2. The number of pyridine rings is 1. The number of aromatic nitrogens is 1. The lowest BCUT2D eigenvalue weighted by Crippen LogP contribution is -2.13. The molecule has 7 nitrogen and oxygen atoms in total. The van der Waals surface area contributed by atoms with Crippen LogP contribution in [0.4, 0.5) is 5.82 Å². The zero-order chi connectivity index (χ0) is 21.4. The molecule has 156 valence electrons. The number of hydrogen-bond donors (Lipinski definition) is 0. The second kappa shape index (κ2) is 7.84. The third kappa shape index (κ3) is 4.02. The molecule has 0 spiro atoms. The summed E-state index contributed by atoms with van der Waals surface area (Å²) in [5, 5.41) is 0. The van der Waals surface area contributed by atoms with E-state index < -0.39 is 5.97 Å². The summed E-state index contributed by atoms with van der Waals surface area (Å²) >= 11 is 0. The third-order valence-corrected chi connectivity index (χ3v) is 4.94. The van der Waals surface area contributed by atoms with Gasteiger partial charge in [0.05, 0.1) is 12.7 Å². The van der Waals surface area contributed by atoms with E-state index in [-0.39, 0.29) is 23.7 Å². The first-order valence-electron chi connectivity index (χ1n) is 9.71. The Morgan fingerprint density at radius 3 is 2.73 bits per heavy atom. The predicted octanol–water partition coefficient (Wildman–Crippen LogP) is 4.96. The van der Waals surface area contributed by atoms with Gasteiger partial charge in [-0.3, -0.25) is 0 Å². The number of aryl methyl sites for hydroxylation is 2. The Morgan fingerprint density at radius 1 is 1.17 bits per heavy atom. The first kappa shape index (κ1) is 20.0. The van der Waals surface area contributed by atoms with Crippen LogP contribution in [-0.4, -0.2) is 25.0 Å². The van der Waals surface area contributed by atoms with Crippen molar-refractivity contribution in [2.75, 3.05) is 19.0 Å². The molecule has 4 rings (SSSR count). The summed E-state index contributed by atoms with van der Waals surface area (Å²) in [5.74, 6) is 1.19. The molecular formula is C23H24N2O5. The fraction of sp³-hybridized carbons (Fsp3) is 0.304. The van der Waals surface area contributed by atoms with Gasteiger partial charge in [-0.2, -0.15) is 4.98 Å². The molecule has 0 N–H and O–H groups in total. The summed E-state index contributed by atoms with van der Waals surface area (Å²) in [5.41, 5.74) is 4.17. The summed E-state index contributed by atoms with van der Waals surface area (Å²) in [6.07, 6.45) is 0.0268. The molecule has 1 aromatic carbocycles. The Bertz CT molecular complexity index is 1100. The van der Waals surface area contributed by atoms with E-state index in [2.05, 4.69) is 11.1 Å². The molecule has 0 saturated heterocycles. The van der Waals surface area contributed by atoms with Crippen molar-refractivity contribution in [3.63, 3.8) is 0 Å². The van der Waals surface area contributed by atoms with Gasteiger partial charge < -0.3 is 23.5 Å². The highest BCUT2D eigenvalue weighted by Gasteiger charge is 2.22. The largest absolute Gasteiger partial charge is 0.426 e. The van der Waals surface area contributed by atoms with Crippen molar-refractivity contribution in [1.29, 1.82) is 0 Å². The molecular weight excluding hydrogens is 384 g/mol. The lowest BCUT2D eigenvalue weighted by Gasteiger charge is -2.13. The number of anilines is 1. The Hall–Kier alpha value is -3.32. The Morgan fingerprint density at radius 2 is 1.97 bits per heavy atom. The van der Waals surface area contributed by atoms with Crippen molar-refractivity contribution in [3.8, 4) is 17.6 Å². The van der Waals surface area contributed by atoms with Crippen molar-refractivity contribution in [2.24, 2.45) is 0 Å². The molecule has 3 heterocycles. The summed E-state index contributed by atoms with van der Waals surface area (Å²) in [6, 6.07) is 10.7. The monoisotopic (exact) mass is 408 g/mol. The van der Waals surface area contributed by atoms with E-state index in [0.717, 1.165) is 16.7 Å². The Balaban J connectivity index is 1.50. The van der Waals surface area contributed by atoms with Crippen LogP contribution in [0.5, 0.6) is 17.6 Å². The SMILES string of the molecule is Cc1cc(OC(=O)c2ccc(Oc3cc4c(cc3C)COC4C)o2)nc(N(C)C)c1. The Labute approximate surface area is 175 Å². The number of ether oxygens (including phenoxy) is 3. The van der Waals surface area contributed by atoms with Gasteiger partial charge in [0, 0.05) is 26.2 Å². The maximum absolute atomic E-state index is 12.5. The van der Waals surface area contributed by atoms with Crippen LogP contribution in [0.1, 0.15) is 45.8 Å². The van der Waals surface area contributed by atoms with Crippen molar-refractivity contribution in [1.82, 2.24) is 4.98 Å². The molecule has 1 atom stereocenters. The molecule has 7 heteroatoms. The highest BCUT2D eigenvalue weighted by molar-refractivity contribution is 5.88. The minimum absolute atomic E-state index is 0.0268. The van der Waals surface area contributed by atoms with Gasteiger partial charge in [0.15, 0.2) is 0 Å². The normalized spacial score (nSPS) is 15.0. The van der Waals surface area contributed by atoms with E-state index >= 15 is 0 Å². The molecule has 0 aliphatic carbocycles. The molecule has 30 heavy (non-hydrogen) atoms. The van der Waals surface area contributed by atoms with Gasteiger partial charge in [-0.15, -0.1) is 0 Å². The molecule has 2 aromatic heterocycles. The topological polar surface area (TPSA) is 74.0 Å². The summed E-state index contributed by atoms with van der Waals surface area (Å²) in [7, 11) is 3.74. The van der Waals surface area contributed by atoms with E-state index in [1.807, 2.05) is 51.9 Å². The van der Waals surface area contributed by atoms with Crippen molar-refractivity contribution < 1.29 is 23.4 Å². The first-order chi connectivity index (χ1) is 14.3. The smallest absolute Gasteiger partial charge is 0.381 e. The van der Waals surface area contributed by atoms with Gasteiger partial charge in [0.2, 0.25) is 11.6 Å². The second-order valence-electron chi connectivity index (χ2n) is 7.62. The van der Waals surface area contributed by atoms with Crippen LogP contribution in [0.25, 0.3) is 0 Å². The molecule has 3 aromatic rings. The van der Waals surface area contributed by atoms with Crippen LogP contribution in [0.15, 0.2) is 40.8 Å². The maximum Gasteiger partial charge on any atom is 0.381 e. The number of benzene rings is 1. The number of fused-ring (bicyclic) bond motifs is 1. The molecule has 0 fully saturated rings. The van der Waals surface area contributed by atoms with E-state index in [4.69, 9.17) is 18.6 Å². The minimum atomic E-state index is -0.639. The van der Waals surface area contributed by atoms with E-state index in [1.54, 1.807) is 12.1 Å². The number of furan rings is 1. The Kier molecular flexibility index (Phi) is 5.22. The van der Waals surface area contributed by atoms with Gasteiger partial charge in [-0.05, 0) is 67.3 Å². The number of carbonyl (C=O) groups is 1. The van der Waals surface area contributed by atoms with Gasteiger partial charge >= 0.3 is 5.97 Å². The zero-order valence-electron chi connectivity index (χ0n) is 17.7. The number of rotatable bonds is 5. The van der Waals surface area contributed by atoms with Gasteiger partial charge in [0.25, 0.3) is 5.95 Å². The van der Waals surface area contributed by atoms with Crippen LogP contribution < -0.4 is 14.4 Å². The fourth-order valence-electron chi connectivity index (χ4n) is 3.32. The average Bonchev–Trinajstić information content (AvgIpc) is 3.29. The molecule has 0 saturated carbocycles. The molecule has 0 radical (unpaired) electrons. The predicted molar refractivity (Wildman–Crippen MR) is 111 cm³/mol. The standard InChI is InChI=1S/C23H24N2O5/c1-13-8-20(25(4)5)24-21(9-13)30-23(26)18-6-7-22(28-18)29-19-11-17-15(3)27-12-16(17)10-14(19)2/h6-11,15H,12H2,1-5H3. The van der Waals surface area contributed by atoms with Gasteiger partial charge in [-0.25, -0.2) is 4.79 Å². The summed E-state index contributed by atoms with van der Waals surface area (Å²) in [6.45, 7) is 6.49. The van der Waals surface area contributed by atoms with E-state index in [1.165, 1.54) is 11.6 Å². The second-order valence-corrected chi connectivity index (χ2v) is 7.62. The molecule has 0 amide bonds. The zero-order valence-corrected chi connectivity index (χ0v) is 17.7. The quantitative estimate of drug-likeness (QED) is 0.552. The van der Waals surface area contributed by atoms with Crippen molar-refractivity contribution in [2.45, 2.75) is 33.5 Å². The first-order valence-corrected chi connectivity index (χ1v) is 9.71. The lowest BCUT2D eigenvalue weighted by atomic mass is 10.0. The lowest BCUT2D eigenvalue weighted by molar-refractivity contribution is 0.0689. The number of esters is 1. The van der Waals surface area contributed by atoms with Gasteiger partial charge in [0.1, 0.15) is 11.6 Å². The third-order valence-electron chi connectivity index (χ3n) is 4.94. The minimum Gasteiger partial charge on any atom is -0.426 e. The summed E-state index contributed by atoms with van der Waals surface area (Å²) < 4.78 is 22.5. The number of carbonyl (C=O) groups excluding carboxylic acids is 1. The molecule has 1 aliphatic rings. The highest BCUT2D eigenvalue weighted by atomic mass is 16.6. The molecule has 1 unspecified atom stereocenters.